The molecule has 0 aliphatic carbocycles. The monoisotopic (exact) mass is 487 g/mol. The topological polar surface area (TPSA) is 62.2 Å². The zero-order chi connectivity index (χ0) is 24.4. The summed E-state index contributed by atoms with van der Waals surface area (Å²) >= 11 is 1.62. The molecule has 2 aliphatic rings. The average molecular weight is 488 g/mol. The van der Waals surface area contributed by atoms with Gasteiger partial charge in [0.25, 0.3) is 0 Å². The lowest BCUT2D eigenvalue weighted by atomic mass is 10.00. The predicted molar refractivity (Wildman–Crippen MR) is 138 cm³/mol. The van der Waals surface area contributed by atoms with E-state index in [1.807, 2.05) is 36.4 Å². The number of aromatic hydroxyl groups is 2. The van der Waals surface area contributed by atoms with Gasteiger partial charge in [-0.05, 0) is 59.5 Å². The molecule has 1 fully saturated rings. The summed E-state index contributed by atoms with van der Waals surface area (Å²) in [5.74, 6) is 5.72. The van der Waals surface area contributed by atoms with Crippen LogP contribution in [0.4, 0.5) is 0 Å². The van der Waals surface area contributed by atoms with Gasteiger partial charge in [-0.3, -0.25) is 4.90 Å². The van der Waals surface area contributed by atoms with Gasteiger partial charge in [-0.1, -0.05) is 31.2 Å². The van der Waals surface area contributed by atoms with Gasteiger partial charge < -0.3 is 19.7 Å². The van der Waals surface area contributed by atoms with Crippen LogP contribution in [-0.2, 0) is 0 Å². The molecule has 5 nitrogen and oxygen atoms in total. The highest BCUT2D eigenvalue weighted by Crippen LogP contribution is 2.54. The molecule has 0 aromatic heterocycles. The van der Waals surface area contributed by atoms with Crippen LogP contribution in [0.1, 0.15) is 29.4 Å². The Bertz CT molecular complexity index is 1220. The summed E-state index contributed by atoms with van der Waals surface area (Å²) < 4.78 is 12.4. The van der Waals surface area contributed by atoms with E-state index in [1.165, 1.54) is 0 Å². The fraction of sp³-hybridized carbons (Fsp3) is 0.310. The first kappa shape index (κ1) is 23.5. The number of hydrogen-bond donors (Lipinski definition) is 2. The number of phenols is 2. The first-order chi connectivity index (χ1) is 17.0. The maximum absolute atomic E-state index is 10.1. The molecule has 0 radical (unpaired) electrons. The van der Waals surface area contributed by atoms with E-state index in [-0.39, 0.29) is 22.9 Å². The van der Waals surface area contributed by atoms with Crippen molar-refractivity contribution in [2.75, 3.05) is 26.2 Å². The molecular weight excluding hydrogens is 458 g/mol. The smallest absolute Gasteiger partial charge is 0.140 e. The lowest BCUT2D eigenvalue weighted by molar-refractivity contribution is 0.190. The van der Waals surface area contributed by atoms with Gasteiger partial charge in [0.2, 0.25) is 0 Å². The van der Waals surface area contributed by atoms with Crippen LogP contribution in [0.5, 0.6) is 23.0 Å². The van der Waals surface area contributed by atoms with Crippen molar-refractivity contribution in [1.29, 1.82) is 0 Å². The number of likely N-dealkylation sites (tertiary alicyclic amines) is 1. The van der Waals surface area contributed by atoms with Crippen LogP contribution < -0.4 is 9.47 Å². The summed E-state index contributed by atoms with van der Waals surface area (Å²) in [7, 11) is 0. The van der Waals surface area contributed by atoms with Crippen molar-refractivity contribution in [2.24, 2.45) is 11.8 Å². The summed E-state index contributed by atoms with van der Waals surface area (Å²) in [6.45, 7) is 5.63. The summed E-state index contributed by atoms with van der Waals surface area (Å²) in [6, 6.07) is 20.4. The summed E-state index contributed by atoms with van der Waals surface area (Å²) in [4.78, 5) is 3.24. The Hall–Kier alpha value is -3.27. The molecule has 3 aromatic carbocycles. The molecule has 2 heterocycles. The van der Waals surface area contributed by atoms with Gasteiger partial charge in [-0.2, -0.15) is 0 Å². The van der Waals surface area contributed by atoms with E-state index >= 15 is 0 Å². The number of thioether (sulfide) groups is 1. The zero-order valence-electron chi connectivity index (χ0n) is 19.6. The molecule has 1 saturated heterocycles. The second-order valence-electron chi connectivity index (χ2n) is 9.23. The van der Waals surface area contributed by atoms with Crippen molar-refractivity contribution in [3.8, 4) is 35.3 Å². The van der Waals surface area contributed by atoms with Gasteiger partial charge in [-0.25, -0.2) is 0 Å². The molecule has 2 aliphatic heterocycles. The Morgan fingerprint density at radius 1 is 1.03 bits per heavy atom. The molecule has 5 rings (SSSR count). The fourth-order valence-corrected chi connectivity index (χ4v) is 6.10. The molecule has 3 aromatic rings. The Kier molecular flexibility index (Phi) is 6.81. The molecule has 0 bridgehead atoms. The van der Waals surface area contributed by atoms with Gasteiger partial charge in [0.1, 0.15) is 35.7 Å². The van der Waals surface area contributed by atoms with Crippen LogP contribution in [-0.4, -0.2) is 41.4 Å². The van der Waals surface area contributed by atoms with E-state index in [4.69, 9.17) is 15.9 Å². The third-order valence-electron chi connectivity index (χ3n) is 6.70. The van der Waals surface area contributed by atoms with Crippen molar-refractivity contribution < 1.29 is 19.7 Å². The lowest BCUT2D eigenvalue weighted by Crippen LogP contribution is -2.26. The second kappa shape index (κ2) is 10.2. The SMILES string of the molecule is C#C[C@@H]1CN(CCOc2ccc([C@@H]3Oc4ccc(O)cc4S[C@@H]3c3cccc(O)c3)cc2)C[C@H]1C. The summed E-state index contributed by atoms with van der Waals surface area (Å²) in [6.07, 6.45) is 5.36. The molecule has 2 N–H and O–H groups in total. The number of rotatable bonds is 6. The van der Waals surface area contributed by atoms with Crippen LogP contribution in [0.3, 0.4) is 0 Å². The van der Waals surface area contributed by atoms with Crippen molar-refractivity contribution >= 4 is 11.8 Å². The van der Waals surface area contributed by atoms with Gasteiger partial charge in [0.05, 0.1) is 10.1 Å². The third kappa shape index (κ3) is 5.22. The highest BCUT2D eigenvalue weighted by molar-refractivity contribution is 7.99. The molecule has 0 saturated carbocycles. The van der Waals surface area contributed by atoms with E-state index in [0.29, 0.717) is 18.4 Å². The molecule has 0 amide bonds. The molecule has 180 valence electrons. The van der Waals surface area contributed by atoms with E-state index in [1.54, 1.807) is 42.1 Å². The first-order valence-corrected chi connectivity index (χ1v) is 12.7. The van der Waals surface area contributed by atoms with E-state index in [2.05, 4.69) is 17.7 Å². The summed E-state index contributed by atoms with van der Waals surface area (Å²) in [5.41, 5.74) is 1.97. The Morgan fingerprint density at radius 3 is 2.57 bits per heavy atom. The molecule has 0 unspecified atom stereocenters. The Balaban J connectivity index is 1.30. The number of phenolic OH excluding ortho intramolecular Hbond substituents is 2. The minimum atomic E-state index is -0.264. The minimum absolute atomic E-state index is 0.0931. The predicted octanol–water partition coefficient (Wildman–Crippen LogP) is 5.64. The maximum Gasteiger partial charge on any atom is 0.140 e. The maximum atomic E-state index is 10.1. The number of fused-ring (bicyclic) bond motifs is 1. The van der Waals surface area contributed by atoms with Gasteiger partial charge in [0, 0.05) is 25.6 Å². The fourth-order valence-electron chi connectivity index (χ4n) is 4.78. The highest BCUT2D eigenvalue weighted by Gasteiger charge is 2.34. The van der Waals surface area contributed by atoms with Crippen LogP contribution in [0.2, 0.25) is 0 Å². The van der Waals surface area contributed by atoms with Crippen molar-refractivity contribution in [3.63, 3.8) is 0 Å². The molecular formula is C29H29NO4S. The van der Waals surface area contributed by atoms with E-state index < -0.39 is 0 Å². The van der Waals surface area contributed by atoms with Gasteiger partial charge in [-0.15, -0.1) is 24.1 Å². The first-order valence-electron chi connectivity index (χ1n) is 11.9. The minimum Gasteiger partial charge on any atom is -0.508 e. The van der Waals surface area contributed by atoms with Gasteiger partial charge in [0.15, 0.2) is 0 Å². The van der Waals surface area contributed by atoms with E-state index in [0.717, 1.165) is 47.2 Å². The average Bonchev–Trinajstić information content (AvgIpc) is 3.23. The number of nitrogens with zero attached hydrogens (tertiary/aromatic N) is 1. The molecule has 35 heavy (non-hydrogen) atoms. The molecule has 6 heteroatoms. The summed E-state index contributed by atoms with van der Waals surface area (Å²) in [5, 5.41) is 19.9. The number of ether oxygens (including phenoxy) is 2. The largest absolute Gasteiger partial charge is 0.508 e. The quantitative estimate of drug-likeness (QED) is 0.439. The van der Waals surface area contributed by atoms with Crippen molar-refractivity contribution in [1.82, 2.24) is 4.90 Å². The Morgan fingerprint density at radius 2 is 1.83 bits per heavy atom. The molecule has 0 spiro atoms. The van der Waals surface area contributed by atoms with Crippen LogP contribution in [0.25, 0.3) is 0 Å². The normalized spacial score (nSPS) is 23.8. The number of hydrogen-bond acceptors (Lipinski definition) is 6. The number of terminal acetylenes is 1. The van der Waals surface area contributed by atoms with Crippen LogP contribution in [0.15, 0.2) is 71.6 Å². The van der Waals surface area contributed by atoms with Crippen molar-refractivity contribution in [2.45, 2.75) is 23.2 Å². The number of benzene rings is 3. The van der Waals surface area contributed by atoms with Crippen LogP contribution in [0, 0.1) is 24.2 Å². The van der Waals surface area contributed by atoms with Crippen LogP contribution >= 0.6 is 11.8 Å². The third-order valence-corrected chi connectivity index (χ3v) is 8.04. The molecule has 4 atom stereocenters. The lowest BCUT2D eigenvalue weighted by Gasteiger charge is -2.34. The Labute approximate surface area is 210 Å². The van der Waals surface area contributed by atoms with Crippen molar-refractivity contribution in [3.05, 3.63) is 77.9 Å². The zero-order valence-corrected chi connectivity index (χ0v) is 20.4. The van der Waals surface area contributed by atoms with E-state index in [9.17, 15) is 10.2 Å². The standard InChI is InChI=1S/C29H29NO4S/c1-3-20-18-30(17-19(20)2)13-14-33-25-10-7-21(8-11-25)28-29(22-5-4-6-23(31)15-22)35-27-16-24(32)9-12-26(27)34-28/h1,4-12,15-16,19-20,28-29,31-32H,13-14,17-18H2,2H3/t19-,20-,28+,29-/m1/s1. The second-order valence-corrected chi connectivity index (χ2v) is 10.4. The van der Waals surface area contributed by atoms with Gasteiger partial charge >= 0.3 is 0 Å². The highest BCUT2D eigenvalue weighted by atomic mass is 32.2.